The van der Waals surface area contributed by atoms with E-state index in [1.165, 1.54) is 16.7 Å². The second-order valence-corrected chi connectivity index (χ2v) is 5.49. The lowest BCUT2D eigenvalue weighted by Crippen LogP contribution is -2.39. The highest BCUT2D eigenvalue weighted by Gasteiger charge is 2.21. The van der Waals surface area contributed by atoms with Crippen LogP contribution in [0, 0.1) is 6.92 Å². The SMILES string of the molecule is CCC(C)(C)N(C)Cc1ccc(CN)cc1C. The Balaban J connectivity index is 2.82. The predicted octanol–water partition coefficient (Wildman–Crippen LogP) is 3.07. The Bertz CT molecular complexity index is 369. The van der Waals surface area contributed by atoms with Crippen molar-refractivity contribution in [1.82, 2.24) is 4.90 Å². The Morgan fingerprint density at radius 1 is 1.29 bits per heavy atom. The predicted molar refractivity (Wildman–Crippen MR) is 74.9 cm³/mol. The molecule has 0 aliphatic heterocycles. The average molecular weight is 234 g/mol. The number of benzene rings is 1. The Morgan fingerprint density at radius 2 is 1.94 bits per heavy atom. The van der Waals surface area contributed by atoms with E-state index in [4.69, 9.17) is 5.73 Å². The van der Waals surface area contributed by atoms with Gasteiger partial charge in [-0.2, -0.15) is 0 Å². The maximum atomic E-state index is 5.65. The van der Waals surface area contributed by atoms with E-state index in [0.717, 1.165) is 13.0 Å². The second kappa shape index (κ2) is 5.65. The standard InChI is InChI=1S/C15H26N2/c1-6-15(3,4)17(5)11-14-8-7-13(10-16)9-12(14)2/h7-9H,6,10-11,16H2,1-5H3. The summed E-state index contributed by atoms with van der Waals surface area (Å²) in [4.78, 5) is 2.41. The van der Waals surface area contributed by atoms with E-state index in [2.05, 4.69) is 57.8 Å². The summed E-state index contributed by atoms with van der Waals surface area (Å²) < 4.78 is 0. The molecule has 0 amide bonds. The molecule has 17 heavy (non-hydrogen) atoms. The molecule has 2 heteroatoms. The van der Waals surface area contributed by atoms with Crippen molar-refractivity contribution >= 4 is 0 Å². The zero-order valence-corrected chi connectivity index (χ0v) is 11.9. The number of hydrogen-bond acceptors (Lipinski definition) is 2. The summed E-state index contributed by atoms with van der Waals surface area (Å²) in [5.74, 6) is 0. The van der Waals surface area contributed by atoms with Gasteiger partial charge in [0.25, 0.3) is 0 Å². The van der Waals surface area contributed by atoms with Crippen LogP contribution in [0.2, 0.25) is 0 Å². The van der Waals surface area contributed by atoms with Gasteiger partial charge in [-0.15, -0.1) is 0 Å². The number of nitrogens with two attached hydrogens (primary N) is 1. The van der Waals surface area contributed by atoms with Gasteiger partial charge in [0.1, 0.15) is 0 Å². The highest BCUT2D eigenvalue weighted by atomic mass is 15.2. The Labute approximate surface area is 106 Å². The Morgan fingerprint density at radius 3 is 2.41 bits per heavy atom. The third-order valence-corrected chi connectivity index (χ3v) is 3.95. The van der Waals surface area contributed by atoms with E-state index in [0.29, 0.717) is 6.54 Å². The van der Waals surface area contributed by atoms with Crippen LogP contribution in [0.5, 0.6) is 0 Å². The van der Waals surface area contributed by atoms with Crippen LogP contribution < -0.4 is 5.73 Å². The van der Waals surface area contributed by atoms with Gasteiger partial charge in [-0.3, -0.25) is 4.90 Å². The molecular formula is C15H26N2. The molecule has 1 aromatic carbocycles. The lowest BCUT2D eigenvalue weighted by Gasteiger charge is -2.35. The second-order valence-electron chi connectivity index (χ2n) is 5.49. The average Bonchev–Trinajstić information content (AvgIpc) is 2.31. The summed E-state index contributed by atoms with van der Waals surface area (Å²) in [7, 11) is 2.19. The van der Waals surface area contributed by atoms with Crippen molar-refractivity contribution in [2.24, 2.45) is 5.73 Å². The summed E-state index contributed by atoms with van der Waals surface area (Å²) in [5, 5.41) is 0. The molecule has 1 aromatic rings. The number of rotatable bonds is 5. The van der Waals surface area contributed by atoms with Crippen molar-refractivity contribution in [3.05, 3.63) is 34.9 Å². The molecule has 0 atom stereocenters. The topological polar surface area (TPSA) is 29.3 Å². The van der Waals surface area contributed by atoms with E-state index < -0.39 is 0 Å². The summed E-state index contributed by atoms with van der Waals surface area (Å²) in [6.07, 6.45) is 1.16. The molecule has 96 valence electrons. The molecule has 0 heterocycles. The molecule has 0 aromatic heterocycles. The van der Waals surface area contributed by atoms with E-state index in [1.54, 1.807) is 0 Å². The van der Waals surface area contributed by atoms with Gasteiger partial charge in [-0.25, -0.2) is 0 Å². The fraction of sp³-hybridized carbons (Fsp3) is 0.600. The number of nitrogens with zero attached hydrogens (tertiary/aromatic N) is 1. The molecule has 0 saturated heterocycles. The van der Waals surface area contributed by atoms with Gasteiger partial charge in [0.15, 0.2) is 0 Å². The van der Waals surface area contributed by atoms with Crippen molar-refractivity contribution in [2.45, 2.75) is 52.7 Å². The van der Waals surface area contributed by atoms with Crippen molar-refractivity contribution in [2.75, 3.05) is 7.05 Å². The highest BCUT2D eigenvalue weighted by molar-refractivity contribution is 5.31. The summed E-state index contributed by atoms with van der Waals surface area (Å²) in [5.41, 5.74) is 9.85. The highest BCUT2D eigenvalue weighted by Crippen LogP contribution is 2.21. The lowest BCUT2D eigenvalue weighted by atomic mass is 9.98. The Hall–Kier alpha value is -0.860. The third kappa shape index (κ3) is 3.55. The van der Waals surface area contributed by atoms with E-state index in [1.807, 2.05) is 0 Å². The minimum absolute atomic E-state index is 0.249. The molecule has 0 spiro atoms. The molecule has 2 N–H and O–H groups in total. The first-order chi connectivity index (χ1) is 7.90. The van der Waals surface area contributed by atoms with Crippen molar-refractivity contribution in [3.63, 3.8) is 0 Å². The zero-order chi connectivity index (χ0) is 13.1. The van der Waals surface area contributed by atoms with Crippen LogP contribution in [0.15, 0.2) is 18.2 Å². The number of aryl methyl sites for hydroxylation is 1. The number of hydrogen-bond donors (Lipinski definition) is 1. The molecule has 0 fully saturated rings. The van der Waals surface area contributed by atoms with Gasteiger partial charge in [-0.05, 0) is 50.9 Å². The maximum Gasteiger partial charge on any atom is 0.0238 e. The normalized spacial score (nSPS) is 12.2. The van der Waals surface area contributed by atoms with Crippen LogP contribution in [0.4, 0.5) is 0 Å². The summed E-state index contributed by atoms with van der Waals surface area (Å²) in [6.45, 7) is 10.6. The molecule has 0 radical (unpaired) electrons. The fourth-order valence-corrected chi connectivity index (χ4v) is 1.80. The van der Waals surface area contributed by atoms with Gasteiger partial charge in [0.05, 0.1) is 0 Å². The van der Waals surface area contributed by atoms with Crippen molar-refractivity contribution in [3.8, 4) is 0 Å². The third-order valence-electron chi connectivity index (χ3n) is 3.95. The molecule has 2 nitrogen and oxygen atoms in total. The zero-order valence-electron chi connectivity index (χ0n) is 11.9. The monoisotopic (exact) mass is 234 g/mol. The van der Waals surface area contributed by atoms with E-state index >= 15 is 0 Å². The molecule has 0 unspecified atom stereocenters. The lowest BCUT2D eigenvalue weighted by molar-refractivity contribution is 0.143. The van der Waals surface area contributed by atoms with Crippen molar-refractivity contribution < 1.29 is 0 Å². The molecule has 0 saturated carbocycles. The van der Waals surface area contributed by atoms with Crippen LogP contribution in [0.1, 0.15) is 43.9 Å². The molecule has 0 bridgehead atoms. The van der Waals surface area contributed by atoms with Gasteiger partial charge in [0, 0.05) is 18.6 Å². The maximum absolute atomic E-state index is 5.65. The minimum Gasteiger partial charge on any atom is -0.326 e. The van der Waals surface area contributed by atoms with Gasteiger partial charge in [-0.1, -0.05) is 25.1 Å². The molecule has 1 rings (SSSR count). The fourth-order valence-electron chi connectivity index (χ4n) is 1.80. The van der Waals surface area contributed by atoms with Gasteiger partial charge in [0.2, 0.25) is 0 Å². The first-order valence-electron chi connectivity index (χ1n) is 6.40. The Kier molecular flexibility index (Phi) is 4.72. The van der Waals surface area contributed by atoms with Crippen LogP contribution in [-0.2, 0) is 13.1 Å². The van der Waals surface area contributed by atoms with Gasteiger partial charge >= 0.3 is 0 Å². The first kappa shape index (κ1) is 14.2. The molecule has 0 aliphatic rings. The van der Waals surface area contributed by atoms with Crippen LogP contribution in [-0.4, -0.2) is 17.5 Å². The van der Waals surface area contributed by atoms with E-state index in [-0.39, 0.29) is 5.54 Å². The molecule has 0 aliphatic carbocycles. The smallest absolute Gasteiger partial charge is 0.0238 e. The largest absolute Gasteiger partial charge is 0.326 e. The summed E-state index contributed by atoms with van der Waals surface area (Å²) in [6, 6.07) is 6.54. The van der Waals surface area contributed by atoms with Crippen molar-refractivity contribution in [1.29, 1.82) is 0 Å². The quantitative estimate of drug-likeness (QED) is 0.848. The van der Waals surface area contributed by atoms with E-state index in [9.17, 15) is 0 Å². The minimum atomic E-state index is 0.249. The van der Waals surface area contributed by atoms with Crippen LogP contribution >= 0.6 is 0 Å². The molecular weight excluding hydrogens is 208 g/mol. The summed E-state index contributed by atoms with van der Waals surface area (Å²) >= 11 is 0. The van der Waals surface area contributed by atoms with Gasteiger partial charge < -0.3 is 5.73 Å². The first-order valence-corrected chi connectivity index (χ1v) is 6.40. The van der Waals surface area contributed by atoms with Crippen LogP contribution in [0.25, 0.3) is 0 Å². The van der Waals surface area contributed by atoms with Crippen LogP contribution in [0.3, 0.4) is 0 Å².